The van der Waals surface area contributed by atoms with E-state index in [9.17, 15) is 0 Å². The first-order valence-corrected chi connectivity index (χ1v) is 6.90. The Labute approximate surface area is 115 Å². The lowest BCUT2D eigenvalue weighted by atomic mass is 9.95. The zero-order chi connectivity index (χ0) is 13.7. The van der Waals surface area contributed by atoms with Gasteiger partial charge in [-0.15, -0.1) is 0 Å². The molecule has 19 heavy (non-hydrogen) atoms. The number of hydrogen-bond acceptors (Lipinski definition) is 2. The normalized spacial score (nSPS) is 14.3. The van der Waals surface area contributed by atoms with E-state index in [1.165, 1.54) is 5.56 Å². The number of benzene rings is 1. The van der Waals surface area contributed by atoms with Crippen LogP contribution in [0.4, 0.5) is 0 Å². The third-order valence-corrected chi connectivity index (χ3v) is 3.39. The van der Waals surface area contributed by atoms with Gasteiger partial charge in [-0.05, 0) is 30.5 Å². The van der Waals surface area contributed by atoms with Crippen LogP contribution in [0.15, 0.2) is 54.7 Å². The Hall–Kier alpha value is -1.67. The molecule has 0 spiro atoms. The Bertz CT molecular complexity index is 479. The summed E-state index contributed by atoms with van der Waals surface area (Å²) in [5.74, 6) is 0.536. The number of rotatable bonds is 5. The van der Waals surface area contributed by atoms with Crippen LogP contribution in [0.2, 0.25) is 0 Å². The fourth-order valence-electron chi connectivity index (χ4n) is 2.32. The van der Waals surface area contributed by atoms with Gasteiger partial charge in [-0.25, -0.2) is 0 Å². The van der Waals surface area contributed by atoms with Crippen LogP contribution in [-0.4, -0.2) is 4.98 Å². The molecule has 1 aromatic heterocycles. The summed E-state index contributed by atoms with van der Waals surface area (Å²) in [4.78, 5) is 4.42. The lowest BCUT2D eigenvalue weighted by Gasteiger charge is -2.26. The van der Waals surface area contributed by atoms with Gasteiger partial charge in [0.25, 0.3) is 0 Å². The highest BCUT2D eigenvalue weighted by Gasteiger charge is 2.18. The summed E-state index contributed by atoms with van der Waals surface area (Å²) in [6.07, 6.45) is 1.85. The van der Waals surface area contributed by atoms with Crippen LogP contribution in [0.3, 0.4) is 0 Å². The molecule has 0 bridgehead atoms. The minimum atomic E-state index is 0.244. The second-order valence-electron chi connectivity index (χ2n) is 5.28. The highest BCUT2D eigenvalue weighted by molar-refractivity contribution is 5.20. The number of aromatic nitrogens is 1. The first kappa shape index (κ1) is 13.8. The average molecular weight is 254 g/mol. The quantitative estimate of drug-likeness (QED) is 0.867. The van der Waals surface area contributed by atoms with E-state index in [4.69, 9.17) is 0 Å². The molecular weight excluding hydrogens is 232 g/mol. The third kappa shape index (κ3) is 3.65. The standard InChI is InChI=1S/C17H22N2/c1-13(2)17(15-9-5-4-6-10-15)19-14(3)16-11-7-8-12-18-16/h4-14,17,19H,1-3H3/t14-,17?/m1/s1. The smallest absolute Gasteiger partial charge is 0.0570 e. The maximum Gasteiger partial charge on any atom is 0.0570 e. The zero-order valence-electron chi connectivity index (χ0n) is 11.9. The van der Waals surface area contributed by atoms with Crippen LogP contribution in [0, 0.1) is 5.92 Å². The Morgan fingerprint density at radius 2 is 1.58 bits per heavy atom. The molecule has 2 atom stereocenters. The predicted molar refractivity (Wildman–Crippen MR) is 79.8 cm³/mol. The van der Waals surface area contributed by atoms with Gasteiger partial charge >= 0.3 is 0 Å². The molecule has 0 aliphatic rings. The van der Waals surface area contributed by atoms with E-state index in [1.807, 2.05) is 18.3 Å². The Balaban J connectivity index is 2.14. The summed E-state index contributed by atoms with van der Waals surface area (Å²) < 4.78 is 0. The van der Waals surface area contributed by atoms with Crippen LogP contribution < -0.4 is 5.32 Å². The van der Waals surface area contributed by atoms with Crippen molar-refractivity contribution in [2.75, 3.05) is 0 Å². The van der Waals surface area contributed by atoms with E-state index < -0.39 is 0 Å². The van der Waals surface area contributed by atoms with E-state index >= 15 is 0 Å². The van der Waals surface area contributed by atoms with Gasteiger partial charge in [-0.3, -0.25) is 4.98 Å². The summed E-state index contributed by atoms with van der Waals surface area (Å²) in [6, 6.07) is 17.3. The van der Waals surface area contributed by atoms with E-state index in [-0.39, 0.29) is 6.04 Å². The predicted octanol–water partition coefficient (Wildman–Crippen LogP) is 4.13. The molecular formula is C17H22N2. The van der Waals surface area contributed by atoms with Crippen molar-refractivity contribution in [1.82, 2.24) is 10.3 Å². The summed E-state index contributed by atoms with van der Waals surface area (Å²) in [6.45, 7) is 6.66. The lowest BCUT2D eigenvalue weighted by molar-refractivity contribution is 0.371. The lowest BCUT2D eigenvalue weighted by Crippen LogP contribution is -2.28. The molecule has 2 heteroatoms. The van der Waals surface area contributed by atoms with Crippen LogP contribution in [0.5, 0.6) is 0 Å². The molecule has 1 heterocycles. The molecule has 1 unspecified atom stereocenters. The molecule has 0 aliphatic carbocycles. The summed E-state index contributed by atoms with van der Waals surface area (Å²) >= 11 is 0. The molecule has 0 amide bonds. The van der Waals surface area contributed by atoms with Crippen molar-refractivity contribution in [2.24, 2.45) is 5.92 Å². The highest BCUT2D eigenvalue weighted by atomic mass is 15.0. The Morgan fingerprint density at radius 3 is 2.16 bits per heavy atom. The van der Waals surface area contributed by atoms with E-state index in [0.29, 0.717) is 12.0 Å². The van der Waals surface area contributed by atoms with Crippen molar-refractivity contribution >= 4 is 0 Å². The van der Waals surface area contributed by atoms with Gasteiger partial charge < -0.3 is 5.32 Å². The minimum Gasteiger partial charge on any atom is -0.302 e. The summed E-state index contributed by atoms with van der Waals surface area (Å²) in [7, 11) is 0. The van der Waals surface area contributed by atoms with Crippen molar-refractivity contribution in [1.29, 1.82) is 0 Å². The van der Waals surface area contributed by atoms with Crippen LogP contribution >= 0.6 is 0 Å². The fraction of sp³-hybridized carbons (Fsp3) is 0.353. The second kappa shape index (κ2) is 6.48. The largest absolute Gasteiger partial charge is 0.302 e. The van der Waals surface area contributed by atoms with Crippen molar-refractivity contribution in [2.45, 2.75) is 32.9 Å². The maximum atomic E-state index is 4.42. The van der Waals surface area contributed by atoms with E-state index in [2.05, 4.69) is 67.5 Å². The third-order valence-electron chi connectivity index (χ3n) is 3.39. The molecule has 1 aromatic carbocycles. The number of nitrogens with one attached hydrogen (secondary N) is 1. The summed E-state index contributed by atoms with van der Waals surface area (Å²) in [5.41, 5.74) is 2.42. The molecule has 0 aliphatic heterocycles. The van der Waals surface area contributed by atoms with Crippen molar-refractivity contribution in [3.8, 4) is 0 Å². The number of nitrogens with zero attached hydrogens (tertiary/aromatic N) is 1. The van der Waals surface area contributed by atoms with Gasteiger partial charge in [0.15, 0.2) is 0 Å². The Kier molecular flexibility index (Phi) is 4.69. The van der Waals surface area contributed by atoms with Crippen LogP contribution in [-0.2, 0) is 0 Å². The molecule has 0 saturated carbocycles. The highest BCUT2D eigenvalue weighted by Crippen LogP contribution is 2.24. The second-order valence-corrected chi connectivity index (χ2v) is 5.28. The SMILES string of the molecule is CC(C)C(N[C@H](C)c1ccccn1)c1ccccc1. The maximum absolute atomic E-state index is 4.42. The van der Waals surface area contributed by atoms with Gasteiger partial charge in [0, 0.05) is 18.3 Å². The molecule has 0 radical (unpaired) electrons. The van der Waals surface area contributed by atoms with Gasteiger partial charge in [0.05, 0.1) is 5.69 Å². The van der Waals surface area contributed by atoms with Crippen molar-refractivity contribution in [3.63, 3.8) is 0 Å². The van der Waals surface area contributed by atoms with Gasteiger partial charge in [-0.2, -0.15) is 0 Å². The van der Waals surface area contributed by atoms with Gasteiger partial charge in [-0.1, -0.05) is 50.2 Å². The first-order valence-electron chi connectivity index (χ1n) is 6.90. The summed E-state index contributed by atoms with van der Waals surface area (Å²) in [5, 5.41) is 3.69. The molecule has 0 fully saturated rings. The zero-order valence-corrected chi connectivity index (χ0v) is 11.9. The first-order chi connectivity index (χ1) is 9.18. The van der Waals surface area contributed by atoms with Crippen LogP contribution in [0.25, 0.3) is 0 Å². The monoisotopic (exact) mass is 254 g/mol. The van der Waals surface area contributed by atoms with E-state index in [1.54, 1.807) is 0 Å². The molecule has 1 N–H and O–H groups in total. The molecule has 2 nitrogen and oxygen atoms in total. The number of hydrogen-bond donors (Lipinski definition) is 1. The molecule has 2 aromatic rings. The van der Waals surface area contributed by atoms with Crippen LogP contribution in [0.1, 0.15) is 44.1 Å². The molecule has 0 saturated heterocycles. The van der Waals surface area contributed by atoms with Crippen molar-refractivity contribution < 1.29 is 0 Å². The molecule has 100 valence electrons. The minimum absolute atomic E-state index is 0.244. The average Bonchev–Trinajstić information content (AvgIpc) is 2.46. The Morgan fingerprint density at radius 1 is 0.895 bits per heavy atom. The topological polar surface area (TPSA) is 24.9 Å². The van der Waals surface area contributed by atoms with Gasteiger partial charge in [0.1, 0.15) is 0 Å². The van der Waals surface area contributed by atoms with E-state index in [0.717, 1.165) is 5.69 Å². The fourth-order valence-corrected chi connectivity index (χ4v) is 2.32. The van der Waals surface area contributed by atoms with Crippen molar-refractivity contribution in [3.05, 3.63) is 66.0 Å². The number of pyridine rings is 1. The van der Waals surface area contributed by atoms with Gasteiger partial charge in [0.2, 0.25) is 0 Å². The molecule has 2 rings (SSSR count).